The highest BCUT2D eigenvalue weighted by Crippen LogP contribution is 2.47. The lowest BCUT2D eigenvalue weighted by atomic mass is 10.2. The SMILES string of the molecule is CNC1CCC(F)(F)C1(F)F. The molecule has 0 aliphatic heterocycles. The van der Waals surface area contributed by atoms with Crippen molar-refractivity contribution in [2.24, 2.45) is 0 Å². The number of rotatable bonds is 1. The highest BCUT2D eigenvalue weighted by molar-refractivity contribution is 5.01. The number of nitrogens with one attached hydrogen (secondary N) is 1. The van der Waals surface area contributed by atoms with Crippen molar-refractivity contribution >= 4 is 0 Å². The maximum atomic E-state index is 12.6. The number of hydrogen-bond donors (Lipinski definition) is 1. The molecule has 1 aliphatic carbocycles. The standard InChI is InChI=1S/C6H9F4N/c1-11-4-2-3-5(7,8)6(4,9)10/h4,11H,2-3H2,1H3. The highest BCUT2D eigenvalue weighted by atomic mass is 19.3. The van der Waals surface area contributed by atoms with Crippen LogP contribution in [0.25, 0.3) is 0 Å². The second-order valence-corrected chi connectivity index (χ2v) is 2.71. The van der Waals surface area contributed by atoms with E-state index in [0.29, 0.717) is 0 Å². The molecule has 11 heavy (non-hydrogen) atoms. The molecule has 1 saturated carbocycles. The van der Waals surface area contributed by atoms with Crippen molar-refractivity contribution in [2.45, 2.75) is 30.7 Å². The van der Waals surface area contributed by atoms with Crippen LogP contribution in [0.3, 0.4) is 0 Å². The van der Waals surface area contributed by atoms with E-state index in [1.807, 2.05) is 0 Å². The first-order valence-electron chi connectivity index (χ1n) is 3.35. The van der Waals surface area contributed by atoms with Gasteiger partial charge in [0.15, 0.2) is 0 Å². The second kappa shape index (κ2) is 2.33. The summed E-state index contributed by atoms with van der Waals surface area (Å²) >= 11 is 0. The van der Waals surface area contributed by atoms with Gasteiger partial charge < -0.3 is 5.32 Å². The maximum Gasteiger partial charge on any atom is 0.325 e. The molecule has 0 radical (unpaired) electrons. The van der Waals surface area contributed by atoms with Gasteiger partial charge in [-0.25, -0.2) is 0 Å². The summed E-state index contributed by atoms with van der Waals surface area (Å²) in [5.41, 5.74) is 0. The second-order valence-electron chi connectivity index (χ2n) is 2.71. The van der Waals surface area contributed by atoms with Crippen molar-refractivity contribution in [3.63, 3.8) is 0 Å². The Labute approximate surface area is 61.8 Å². The third-order valence-corrected chi connectivity index (χ3v) is 2.02. The Hall–Kier alpha value is -0.320. The van der Waals surface area contributed by atoms with Crippen molar-refractivity contribution in [1.82, 2.24) is 5.32 Å². The zero-order chi connectivity index (χ0) is 8.70. The van der Waals surface area contributed by atoms with Gasteiger partial charge in [0.25, 0.3) is 0 Å². The molecule has 0 heterocycles. The van der Waals surface area contributed by atoms with Crippen LogP contribution in [0.5, 0.6) is 0 Å². The van der Waals surface area contributed by atoms with Crippen molar-refractivity contribution in [1.29, 1.82) is 0 Å². The zero-order valence-electron chi connectivity index (χ0n) is 6.00. The van der Waals surface area contributed by atoms with Gasteiger partial charge in [0.2, 0.25) is 0 Å². The van der Waals surface area contributed by atoms with E-state index in [9.17, 15) is 17.6 Å². The monoisotopic (exact) mass is 171 g/mol. The lowest BCUT2D eigenvalue weighted by Crippen LogP contribution is -2.47. The summed E-state index contributed by atoms with van der Waals surface area (Å²) in [6.07, 6.45) is -0.901. The third-order valence-electron chi connectivity index (χ3n) is 2.02. The van der Waals surface area contributed by atoms with Crippen LogP contribution in [0.2, 0.25) is 0 Å². The first-order chi connectivity index (χ1) is 4.92. The molecule has 66 valence electrons. The third kappa shape index (κ3) is 1.11. The molecule has 1 fully saturated rings. The van der Waals surface area contributed by atoms with Crippen molar-refractivity contribution < 1.29 is 17.6 Å². The lowest BCUT2D eigenvalue weighted by Gasteiger charge is -2.23. The molecule has 1 rings (SSSR count). The van der Waals surface area contributed by atoms with Gasteiger partial charge >= 0.3 is 11.8 Å². The van der Waals surface area contributed by atoms with Crippen LogP contribution in [-0.4, -0.2) is 24.9 Å². The maximum absolute atomic E-state index is 12.6. The first kappa shape index (κ1) is 8.77. The number of halogens is 4. The Morgan fingerprint density at radius 2 is 1.82 bits per heavy atom. The Morgan fingerprint density at radius 1 is 1.27 bits per heavy atom. The van der Waals surface area contributed by atoms with E-state index in [1.165, 1.54) is 7.05 Å². The average molecular weight is 171 g/mol. The van der Waals surface area contributed by atoms with Gasteiger partial charge in [-0.05, 0) is 13.5 Å². The molecule has 0 bridgehead atoms. The van der Waals surface area contributed by atoms with Gasteiger partial charge in [-0.2, -0.15) is 17.6 Å². The molecule has 5 heteroatoms. The minimum Gasteiger partial charge on any atom is -0.312 e. The van der Waals surface area contributed by atoms with Gasteiger partial charge in [-0.15, -0.1) is 0 Å². The Bertz CT molecular complexity index is 157. The summed E-state index contributed by atoms with van der Waals surface area (Å²) in [7, 11) is 1.26. The molecule has 0 saturated heterocycles. The smallest absolute Gasteiger partial charge is 0.312 e. The molecule has 1 nitrogen and oxygen atoms in total. The molecular weight excluding hydrogens is 162 g/mol. The molecule has 1 unspecified atom stereocenters. The Kier molecular flexibility index (Phi) is 1.86. The van der Waals surface area contributed by atoms with E-state index in [4.69, 9.17) is 0 Å². The first-order valence-corrected chi connectivity index (χ1v) is 3.35. The molecule has 0 aromatic rings. The summed E-state index contributed by atoms with van der Waals surface area (Å²) in [4.78, 5) is 0. The summed E-state index contributed by atoms with van der Waals surface area (Å²) in [6.45, 7) is 0. The number of alkyl halides is 4. The van der Waals surface area contributed by atoms with Crippen LogP contribution in [0.1, 0.15) is 12.8 Å². The largest absolute Gasteiger partial charge is 0.325 e. The van der Waals surface area contributed by atoms with Crippen molar-refractivity contribution in [3.05, 3.63) is 0 Å². The molecule has 0 aromatic carbocycles. The summed E-state index contributed by atoms with van der Waals surface area (Å²) in [5, 5.41) is 2.18. The fraction of sp³-hybridized carbons (Fsp3) is 1.00. The molecule has 0 spiro atoms. The van der Waals surface area contributed by atoms with E-state index in [0.717, 1.165) is 0 Å². The van der Waals surface area contributed by atoms with Crippen LogP contribution in [0, 0.1) is 0 Å². The Balaban J connectivity index is 2.81. The van der Waals surface area contributed by atoms with Gasteiger partial charge in [0, 0.05) is 6.42 Å². The van der Waals surface area contributed by atoms with Gasteiger partial charge in [0.05, 0.1) is 6.04 Å². The predicted molar refractivity (Wildman–Crippen MR) is 32.0 cm³/mol. The van der Waals surface area contributed by atoms with Crippen molar-refractivity contribution in [3.8, 4) is 0 Å². The zero-order valence-corrected chi connectivity index (χ0v) is 6.00. The van der Waals surface area contributed by atoms with Gasteiger partial charge in [-0.3, -0.25) is 0 Å². The van der Waals surface area contributed by atoms with Crippen LogP contribution in [-0.2, 0) is 0 Å². The van der Waals surface area contributed by atoms with Crippen LogP contribution >= 0.6 is 0 Å². The molecule has 1 aliphatic rings. The van der Waals surface area contributed by atoms with E-state index >= 15 is 0 Å². The molecule has 0 amide bonds. The van der Waals surface area contributed by atoms with Crippen LogP contribution in [0.4, 0.5) is 17.6 Å². The minimum absolute atomic E-state index is 0.170. The normalized spacial score (nSPS) is 34.1. The van der Waals surface area contributed by atoms with E-state index in [-0.39, 0.29) is 6.42 Å². The molecular formula is C6H9F4N. The molecule has 1 N–H and O–H groups in total. The lowest BCUT2D eigenvalue weighted by molar-refractivity contribution is -0.194. The topological polar surface area (TPSA) is 12.0 Å². The van der Waals surface area contributed by atoms with Gasteiger partial charge in [0.1, 0.15) is 0 Å². The molecule has 1 atom stereocenters. The summed E-state index contributed by atoms with van der Waals surface area (Å²) < 4.78 is 49.9. The minimum atomic E-state index is -3.89. The number of hydrogen-bond acceptors (Lipinski definition) is 1. The fourth-order valence-corrected chi connectivity index (χ4v) is 1.25. The van der Waals surface area contributed by atoms with E-state index in [1.54, 1.807) is 0 Å². The summed E-state index contributed by atoms with van der Waals surface area (Å²) in [5.74, 6) is -7.72. The van der Waals surface area contributed by atoms with Crippen molar-refractivity contribution in [2.75, 3.05) is 7.05 Å². The van der Waals surface area contributed by atoms with Gasteiger partial charge in [-0.1, -0.05) is 0 Å². The summed E-state index contributed by atoms with van der Waals surface area (Å²) in [6, 6.07) is -1.38. The fourth-order valence-electron chi connectivity index (χ4n) is 1.25. The predicted octanol–water partition coefficient (Wildman–Crippen LogP) is 1.64. The van der Waals surface area contributed by atoms with Crippen LogP contribution < -0.4 is 5.32 Å². The van der Waals surface area contributed by atoms with E-state index in [2.05, 4.69) is 5.32 Å². The quantitative estimate of drug-likeness (QED) is 0.591. The average Bonchev–Trinajstić information content (AvgIpc) is 2.05. The Morgan fingerprint density at radius 3 is 2.00 bits per heavy atom. The highest BCUT2D eigenvalue weighted by Gasteiger charge is 2.64. The molecule has 0 aromatic heterocycles. The van der Waals surface area contributed by atoms with E-state index < -0.39 is 24.3 Å². The van der Waals surface area contributed by atoms with Crippen LogP contribution in [0.15, 0.2) is 0 Å².